The van der Waals surface area contributed by atoms with Crippen LogP contribution in [0.5, 0.6) is 0 Å². The summed E-state index contributed by atoms with van der Waals surface area (Å²) in [6, 6.07) is -0.370. The number of hydrogen-bond acceptors (Lipinski definition) is 4. The third-order valence-corrected chi connectivity index (χ3v) is 3.47. The van der Waals surface area contributed by atoms with Gasteiger partial charge in [0, 0.05) is 26.1 Å². The van der Waals surface area contributed by atoms with Crippen molar-refractivity contribution in [1.82, 2.24) is 15.5 Å². The van der Waals surface area contributed by atoms with Gasteiger partial charge in [0.05, 0.1) is 5.92 Å². The van der Waals surface area contributed by atoms with Crippen molar-refractivity contribution < 1.29 is 19.5 Å². The Labute approximate surface area is 112 Å². The van der Waals surface area contributed by atoms with E-state index in [1.165, 1.54) is 7.05 Å². The number of piperidine rings is 1. The van der Waals surface area contributed by atoms with E-state index >= 15 is 0 Å². The van der Waals surface area contributed by atoms with Gasteiger partial charge in [0.25, 0.3) is 0 Å². The average molecular weight is 271 g/mol. The Morgan fingerprint density at radius 1 is 1.37 bits per heavy atom. The van der Waals surface area contributed by atoms with Crippen molar-refractivity contribution in [2.45, 2.75) is 32.2 Å². The van der Waals surface area contributed by atoms with Crippen LogP contribution in [-0.4, -0.2) is 54.1 Å². The summed E-state index contributed by atoms with van der Waals surface area (Å²) in [5.41, 5.74) is 0. The minimum atomic E-state index is -0.746. The molecule has 1 heterocycles. The number of amides is 3. The molecule has 108 valence electrons. The highest BCUT2D eigenvalue weighted by Gasteiger charge is 2.29. The molecule has 7 heteroatoms. The molecule has 3 amide bonds. The third kappa shape index (κ3) is 4.86. The van der Waals surface area contributed by atoms with Gasteiger partial charge in [-0.15, -0.1) is 0 Å². The zero-order valence-electron chi connectivity index (χ0n) is 11.3. The van der Waals surface area contributed by atoms with Crippen molar-refractivity contribution in [3.8, 4) is 0 Å². The number of imide groups is 1. The number of nitrogens with one attached hydrogen (secondary N) is 2. The lowest BCUT2D eigenvalue weighted by molar-refractivity contribution is -0.144. The number of hydrogen-bond donors (Lipinski definition) is 3. The summed E-state index contributed by atoms with van der Waals surface area (Å²) in [5, 5.41) is 13.5. The molecule has 0 aromatic rings. The Morgan fingerprint density at radius 2 is 2.05 bits per heavy atom. The van der Waals surface area contributed by atoms with Gasteiger partial charge in [-0.05, 0) is 26.3 Å². The Bertz CT molecular complexity index is 359. The lowest BCUT2D eigenvalue weighted by atomic mass is 9.91. The monoisotopic (exact) mass is 271 g/mol. The number of carbonyl (C=O) groups excluding carboxylic acids is 2. The van der Waals surface area contributed by atoms with Gasteiger partial charge in [0.1, 0.15) is 0 Å². The van der Waals surface area contributed by atoms with Gasteiger partial charge < -0.3 is 15.3 Å². The zero-order valence-corrected chi connectivity index (χ0v) is 11.3. The second kappa shape index (κ2) is 7.08. The molecule has 1 aliphatic rings. The SMILES string of the molecule is CNC(=O)NC(=O)CCN1CCC(C(=O)O)CC1C. The summed E-state index contributed by atoms with van der Waals surface area (Å²) in [6.45, 7) is 3.17. The number of carboxylic acids is 1. The van der Waals surface area contributed by atoms with E-state index in [9.17, 15) is 14.4 Å². The van der Waals surface area contributed by atoms with E-state index in [4.69, 9.17) is 5.11 Å². The number of rotatable bonds is 4. The highest BCUT2D eigenvalue weighted by Crippen LogP contribution is 2.22. The van der Waals surface area contributed by atoms with Crippen molar-refractivity contribution >= 4 is 17.9 Å². The van der Waals surface area contributed by atoms with Crippen LogP contribution >= 0.6 is 0 Å². The second-order valence-corrected chi connectivity index (χ2v) is 4.82. The molecular formula is C12H21N3O4. The fraction of sp³-hybridized carbons (Fsp3) is 0.750. The highest BCUT2D eigenvalue weighted by molar-refractivity contribution is 5.94. The maximum absolute atomic E-state index is 11.4. The van der Waals surface area contributed by atoms with E-state index in [2.05, 4.69) is 15.5 Å². The summed E-state index contributed by atoms with van der Waals surface area (Å²) in [5.74, 6) is -1.36. The second-order valence-electron chi connectivity index (χ2n) is 4.82. The Kier molecular flexibility index (Phi) is 5.75. The molecule has 2 atom stereocenters. The maximum Gasteiger partial charge on any atom is 0.321 e. The first-order chi connectivity index (χ1) is 8.93. The van der Waals surface area contributed by atoms with Gasteiger partial charge in [-0.2, -0.15) is 0 Å². The summed E-state index contributed by atoms with van der Waals surface area (Å²) in [7, 11) is 1.45. The molecule has 0 aromatic carbocycles. The minimum absolute atomic E-state index is 0.141. The molecule has 0 aromatic heterocycles. The normalized spacial score (nSPS) is 23.7. The molecule has 2 unspecified atom stereocenters. The average Bonchev–Trinajstić information content (AvgIpc) is 2.36. The molecule has 1 fully saturated rings. The van der Waals surface area contributed by atoms with Crippen LogP contribution in [0, 0.1) is 5.92 Å². The third-order valence-electron chi connectivity index (χ3n) is 3.47. The lowest BCUT2D eigenvalue weighted by Crippen LogP contribution is -2.45. The van der Waals surface area contributed by atoms with Gasteiger partial charge in [-0.3, -0.25) is 14.9 Å². The minimum Gasteiger partial charge on any atom is -0.481 e. The number of nitrogens with zero attached hydrogens (tertiary/aromatic N) is 1. The highest BCUT2D eigenvalue weighted by atomic mass is 16.4. The standard InChI is InChI=1S/C12H21N3O4/c1-8-7-9(11(17)18)3-5-15(8)6-4-10(16)14-12(19)13-2/h8-9H,3-7H2,1-2H3,(H,17,18)(H2,13,14,16,19). The van der Waals surface area contributed by atoms with Crippen molar-refractivity contribution in [3.63, 3.8) is 0 Å². The van der Waals surface area contributed by atoms with Gasteiger partial charge >= 0.3 is 12.0 Å². The van der Waals surface area contributed by atoms with E-state index in [1.807, 2.05) is 6.92 Å². The van der Waals surface area contributed by atoms with Crippen molar-refractivity contribution in [2.75, 3.05) is 20.1 Å². The Morgan fingerprint density at radius 3 is 2.58 bits per heavy atom. The van der Waals surface area contributed by atoms with Crippen LogP contribution in [0.15, 0.2) is 0 Å². The largest absolute Gasteiger partial charge is 0.481 e. The molecular weight excluding hydrogens is 250 g/mol. The van der Waals surface area contributed by atoms with Gasteiger partial charge in [0.2, 0.25) is 5.91 Å². The fourth-order valence-electron chi connectivity index (χ4n) is 2.27. The molecule has 0 aliphatic carbocycles. The molecule has 1 aliphatic heterocycles. The quantitative estimate of drug-likeness (QED) is 0.669. The summed E-state index contributed by atoms with van der Waals surface area (Å²) >= 11 is 0. The van der Waals surface area contributed by atoms with E-state index in [-0.39, 0.29) is 24.3 Å². The van der Waals surface area contributed by atoms with Gasteiger partial charge in [-0.25, -0.2) is 4.79 Å². The van der Waals surface area contributed by atoms with Crippen LogP contribution in [0.2, 0.25) is 0 Å². The number of urea groups is 1. The van der Waals surface area contributed by atoms with Crippen molar-refractivity contribution in [1.29, 1.82) is 0 Å². The van der Waals surface area contributed by atoms with Gasteiger partial charge in [0.15, 0.2) is 0 Å². The number of aliphatic carboxylic acids is 1. The molecule has 1 rings (SSSR count). The number of likely N-dealkylation sites (tertiary alicyclic amines) is 1. The fourth-order valence-corrected chi connectivity index (χ4v) is 2.27. The predicted octanol–water partition coefficient (Wildman–Crippen LogP) is 0.0172. The number of carboxylic acid groups (broad SMARTS) is 1. The predicted molar refractivity (Wildman–Crippen MR) is 68.6 cm³/mol. The molecule has 3 N–H and O–H groups in total. The first-order valence-corrected chi connectivity index (χ1v) is 6.42. The topological polar surface area (TPSA) is 98.7 Å². The molecule has 0 bridgehead atoms. The number of carbonyl (C=O) groups is 3. The molecule has 19 heavy (non-hydrogen) atoms. The smallest absolute Gasteiger partial charge is 0.321 e. The first-order valence-electron chi connectivity index (χ1n) is 6.42. The molecule has 0 spiro atoms. The van der Waals surface area contributed by atoms with Crippen LogP contribution in [0.3, 0.4) is 0 Å². The Balaban J connectivity index is 2.32. The Hall–Kier alpha value is -1.63. The summed E-state index contributed by atoms with van der Waals surface area (Å²) in [4.78, 5) is 35.4. The van der Waals surface area contributed by atoms with Crippen LogP contribution in [-0.2, 0) is 9.59 Å². The summed E-state index contributed by atoms with van der Waals surface area (Å²) < 4.78 is 0. The summed E-state index contributed by atoms with van der Waals surface area (Å²) in [6.07, 6.45) is 1.44. The van der Waals surface area contributed by atoms with Crippen LogP contribution in [0.1, 0.15) is 26.2 Å². The first kappa shape index (κ1) is 15.4. The van der Waals surface area contributed by atoms with Gasteiger partial charge in [-0.1, -0.05) is 0 Å². The van der Waals surface area contributed by atoms with E-state index in [0.717, 1.165) is 0 Å². The van der Waals surface area contributed by atoms with E-state index in [1.54, 1.807) is 0 Å². The molecule has 1 saturated heterocycles. The maximum atomic E-state index is 11.4. The molecule has 7 nitrogen and oxygen atoms in total. The van der Waals surface area contributed by atoms with E-state index in [0.29, 0.717) is 25.9 Å². The van der Waals surface area contributed by atoms with E-state index < -0.39 is 12.0 Å². The van der Waals surface area contributed by atoms with Crippen molar-refractivity contribution in [2.24, 2.45) is 5.92 Å². The molecule has 0 saturated carbocycles. The van der Waals surface area contributed by atoms with Crippen LogP contribution < -0.4 is 10.6 Å². The van der Waals surface area contributed by atoms with Crippen LogP contribution in [0.25, 0.3) is 0 Å². The zero-order chi connectivity index (χ0) is 14.4. The van der Waals surface area contributed by atoms with Crippen molar-refractivity contribution in [3.05, 3.63) is 0 Å². The lowest BCUT2D eigenvalue weighted by Gasteiger charge is -2.36. The molecule has 0 radical (unpaired) electrons. The van der Waals surface area contributed by atoms with Crippen LogP contribution in [0.4, 0.5) is 4.79 Å².